The zero-order valence-electron chi connectivity index (χ0n) is 15.3. The summed E-state index contributed by atoms with van der Waals surface area (Å²) in [4.78, 5) is 45.5. The van der Waals surface area contributed by atoms with Gasteiger partial charge in [-0.15, -0.1) is 0 Å². The Balaban J connectivity index is 2.52. The van der Waals surface area contributed by atoms with Crippen LogP contribution in [-0.2, 0) is 25.6 Å². The van der Waals surface area contributed by atoms with Crippen molar-refractivity contribution < 1.29 is 29.4 Å². The van der Waals surface area contributed by atoms with Crippen molar-refractivity contribution >= 4 is 35.5 Å². The van der Waals surface area contributed by atoms with E-state index in [0.717, 1.165) is 12.0 Å². The van der Waals surface area contributed by atoms with E-state index in [-0.39, 0.29) is 18.6 Å². The van der Waals surface area contributed by atoms with Gasteiger partial charge in [0, 0.05) is 12.2 Å². The third-order valence-electron chi connectivity index (χ3n) is 3.73. The molecule has 28 heavy (non-hydrogen) atoms. The van der Waals surface area contributed by atoms with Crippen LogP contribution in [0, 0.1) is 0 Å². The number of aliphatic carboxylic acids is 2. The van der Waals surface area contributed by atoms with Crippen LogP contribution in [0.4, 0.5) is 0 Å². The van der Waals surface area contributed by atoms with Crippen molar-refractivity contribution in [3.63, 3.8) is 0 Å². The maximum Gasteiger partial charge on any atom is 0.322 e. The molecule has 0 radical (unpaired) electrons. The molecule has 0 aliphatic carbocycles. The Morgan fingerprint density at radius 2 is 1.79 bits per heavy atom. The Hall–Kier alpha value is -2.59. The van der Waals surface area contributed by atoms with Gasteiger partial charge in [0.1, 0.15) is 18.6 Å². The average Bonchev–Trinajstić information content (AvgIpc) is 2.67. The predicted molar refractivity (Wildman–Crippen MR) is 105 cm³/mol. The van der Waals surface area contributed by atoms with E-state index in [9.17, 15) is 19.2 Å². The second kappa shape index (κ2) is 12.7. The molecule has 1 aromatic rings. The van der Waals surface area contributed by atoms with Crippen molar-refractivity contribution in [3.05, 3.63) is 35.9 Å². The van der Waals surface area contributed by atoms with E-state index in [0.29, 0.717) is 5.75 Å². The van der Waals surface area contributed by atoms with E-state index >= 15 is 0 Å². The molecular formula is C18H25N3O6S. The minimum atomic E-state index is -1.21. The molecule has 0 saturated carbocycles. The fraction of sp³-hybridized carbons (Fsp3) is 0.444. The number of carboxylic acids is 2. The summed E-state index contributed by atoms with van der Waals surface area (Å²) >= 11 is 1.45. The first kappa shape index (κ1) is 23.4. The third kappa shape index (κ3) is 9.93. The normalized spacial score (nSPS) is 12.6. The molecule has 0 heterocycles. The third-order valence-corrected chi connectivity index (χ3v) is 4.79. The molecule has 0 bridgehead atoms. The van der Waals surface area contributed by atoms with Gasteiger partial charge in [0.05, 0.1) is 0 Å². The van der Waals surface area contributed by atoms with E-state index < -0.39 is 42.4 Å². The van der Waals surface area contributed by atoms with Crippen LogP contribution in [0.5, 0.6) is 0 Å². The highest BCUT2D eigenvalue weighted by Crippen LogP contribution is 2.09. The molecule has 10 heteroatoms. The van der Waals surface area contributed by atoms with Crippen LogP contribution in [0.3, 0.4) is 0 Å². The SMILES string of the molecule is NC(CCC(=O)NC(CSCCc1ccccc1)C(=O)NCC(=O)O)C(=O)O. The number of carbonyl (C=O) groups excluding carboxylic acids is 2. The van der Waals surface area contributed by atoms with Crippen molar-refractivity contribution in [2.24, 2.45) is 5.73 Å². The van der Waals surface area contributed by atoms with Crippen molar-refractivity contribution in [2.45, 2.75) is 31.3 Å². The smallest absolute Gasteiger partial charge is 0.322 e. The van der Waals surface area contributed by atoms with Crippen LogP contribution in [0.2, 0.25) is 0 Å². The Labute approximate surface area is 167 Å². The molecule has 1 rings (SSSR count). The van der Waals surface area contributed by atoms with Gasteiger partial charge >= 0.3 is 11.9 Å². The lowest BCUT2D eigenvalue weighted by atomic mass is 10.1. The van der Waals surface area contributed by atoms with Crippen LogP contribution in [-0.4, -0.2) is 64.1 Å². The van der Waals surface area contributed by atoms with Gasteiger partial charge in [0.15, 0.2) is 0 Å². The molecule has 2 atom stereocenters. The summed E-state index contributed by atoms with van der Waals surface area (Å²) in [7, 11) is 0. The van der Waals surface area contributed by atoms with Crippen LogP contribution in [0.1, 0.15) is 18.4 Å². The van der Waals surface area contributed by atoms with E-state index in [4.69, 9.17) is 15.9 Å². The van der Waals surface area contributed by atoms with Crippen molar-refractivity contribution in [1.82, 2.24) is 10.6 Å². The Bertz CT molecular complexity index is 671. The quantitative estimate of drug-likeness (QED) is 0.280. The molecule has 0 fully saturated rings. The van der Waals surface area contributed by atoms with Gasteiger partial charge in [0.25, 0.3) is 0 Å². The Kier molecular flexibility index (Phi) is 10.7. The standard InChI is InChI=1S/C18H25N3O6S/c19-13(18(26)27)6-7-15(22)21-14(17(25)20-10-16(23)24)11-28-9-8-12-4-2-1-3-5-12/h1-5,13-14H,6-11,19H2,(H,20,25)(H,21,22)(H,23,24)(H,26,27). The predicted octanol–water partition coefficient (Wildman–Crippen LogP) is -0.160. The molecule has 9 nitrogen and oxygen atoms in total. The highest BCUT2D eigenvalue weighted by Gasteiger charge is 2.22. The minimum absolute atomic E-state index is 0.0637. The van der Waals surface area contributed by atoms with Gasteiger partial charge in [-0.1, -0.05) is 30.3 Å². The number of hydrogen-bond donors (Lipinski definition) is 5. The van der Waals surface area contributed by atoms with Crippen LogP contribution >= 0.6 is 11.8 Å². The molecule has 2 unspecified atom stereocenters. The van der Waals surface area contributed by atoms with Gasteiger partial charge in [-0.2, -0.15) is 11.8 Å². The number of amides is 2. The van der Waals surface area contributed by atoms with Crippen molar-refractivity contribution in [1.29, 1.82) is 0 Å². The molecule has 0 saturated heterocycles. The zero-order chi connectivity index (χ0) is 20.9. The second-order valence-electron chi connectivity index (χ2n) is 6.03. The molecular weight excluding hydrogens is 386 g/mol. The molecule has 0 spiro atoms. The summed E-state index contributed by atoms with van der Waals surface area (Å²) in [6.45, 7) is -0.552. The first-order valence-electron chi connectivity index (χ1n) is 8.68. The maximum absolute atomic E-state index is 12.2. The fourth-order valence-electron chi connectivity index (χ4n) is 2.18. The summed E-state index contributed by atoms with van der Waals surface area (Å²) in [5.41, 5.74) is 6.51. The Morgan fingerprint density at radius 3 is 2.39 bits per heavy atom. The molecule has 0 aromatic heterocycles. The largest absolute Gasteiger partial charge is 0.480 e. The highest BCUT2D eigenvalue weighted by molar-refractivity contribution is 7.99. The van der Waals surface area contributed by atoms with Crippen molar-refractivity contribution in [2.75, 3.05) is 18.1 Å². The van der Waals surface area contributed by atoms with Gasteiger partial charge < -0.3 is 26.6 Å². The number of carboxylic acid groups (broad SMARTS) is 2. The lowest BCUT2D eigenvalue weighted by Gasteiger charge is -2.18. The number of benzene rings is 1. The number of thioether (sulfide) groups is 1. The van der Waals surface area contributed by atoms with E-state index in [1.165, 1.54) is 11.8 Å². The first-order chi connectivity index (χ1) is 13.3. The monoisotopic (exact) mass is 411 g/mol. The van der Waals surface area contributed by atoms with E-state index in [1.807, 2.05) is 30.3 Å². The lowest BCUT2D eigenvalue weighted by molar-refractivity contribution is -0.139. The Morgan fingerprint density at radius 1 is 1.11 bits per heavy atom. The number of hydrogen-bond acceptors (Lipinski definition) is 6. The molecule has 6 N–H and O–H groups in total. The summed E-state index contributed by atoms with van der Waals surface area (Å²) in [5, 5.41) is 22.2. The van der Waals surface area contributed by atoms with Gasteiger partial charge in [-0.3, -0.25) is 19.2 Å². The summed E-state index contributed by atoms with van der Waals surface area (Å²) in [6, 6.07) is 7.69. The van der Waals surface area contributed by atoms with Gasteiger partial charge in [-0.25, -0.2) is 0 Å². The number of nitrogens with one attached hydrogen (secondary N) is 2. The molecule has 0 aliphatic heterocycles. The summed E-state index contributed by atoms with van der Waals surface area (Å²) < 4.78 is 0. The van der Waals surface area contributed by atoms with Crippen molar-refractivity contribution in [3.8, 4) is 0 Å². The highest BCUT2D eigenvalue weighted by atomic mass is 32.2. The number of nitrogens with two attached hydrogens (primary N) is 1. The van der Waals surface area contributed by atoms with Gasteiger partial charge in [-0.05, 0) is 24.2 Å². The van der Waals surface area contributed by atoms with Crippen LogP contribution in [0.25, 0.3) is 0 Å². The molecule has 0 aliphatic rings. The molecule has 2 amide bonds. The molecule has 154 valence electrons. The van der Waals surface area contributed by atoms with Crippen LogP contribution < -0.4 is 16.4 Å². The summed E-state index contributed by atoms with van der Waals surface area (Å²) in [5.74, 6) is -2.55. The number of aryl methyl sites for hydroxylation is 1. The fourth-order valence-corrected chi connectivity index (χ4v) is 3.20. The average molecular weight is 411 g/mol. The van der Waals surface area contributed by atoms with Crippen LogP contribution in [0.15, 0.2) is 30.3 Å². The number of rotatable bonds is 13. The van der Waals surface area contributed by atoms with E-state index in [1.54, 1.807) is 0 Å². The van der Waals surface area contributed by atoms with Gasteiger partial charge in [0.2, 0.25) is 11.8 Å². The second-order valence-corrected chi connectivity index (χ2v) is 7.18. The zero-order valence-corrected chi connectivity index (χ0v) is 16.1. The van der Waals surface area contributed by atoms with E-state index in [2.05, 4.69) is 10.6 Å². The topological polar surface area (TPSA) is 159 Å². The number of carbonyl (C=O) groups is 4. The lowest BCUT2D eigenvalue weighted by Crippen LogP contribution is -2.49. The first-order valence-corrected chi connectivity index (χ1v) is 9.84. The molecule has 1 aromatic carbocycles. The minimum Gasteiger partial charge on any atom is -0.480 e. The maximum atomic E-state index is 12.2. The summed E-state index contributed by atoms with van der Waals surface area (Å²) in [6.07, 6.45) is 0.576.